The molecule has 6 aromatic heterocycles. The van der Waals surface area contributed by atoms with Crippen LogP contribution in [-0.2, 0) is 47.2 Å². The van der Waals surface area contributed by atoms with Gasteiger partial charge in [0.25, 0.3) is 0 Å². The molecule has 7 heteroatoms. The molecule has 6 nitrogen and oxygen atoms in total. The first-order valence-corrected chi connectivity index (χ1v) is 40.4. The average Bonchev–Trinajstić information content (AvgIpc) is 0.927. The van der Waals surface area contributed by atoms with E-state index in [2.05, 4.69) is 460 Å². The summed E-state index contributed by atoms with van der Waals surface area (Å²) < 4.78 is 11.7. The van der Waals surface area contributed by atoms with Crippen molar-refractivity contribution >= 4 is 43.6 Å². The summed E-state index contributed by atoms with van der Waals surface area (Å²) in [6.45, 7) is 89.3. The van der Waals surface area contributed by atoms with Crippen LogP contribution in [0.15, 0.2) is 158 Å². The zero-order valence-corrected chi connectivity index (χ0v) is 76.3. The van der Waals surface area contributed by atoms with Crippen LogP contribution in [0.4, 0.5) is 0 Å². The molecular formula is C102H139IrN6-. The standard InChI is InChI=1S/3C19H25N.2C15H23N.C15H18N.Ir/c1-18(2,3)14-8-10-16-13(11-14)7-9-17-15(12-20(16)17)19(4,5)6;1-18(2,3)14-8-7-9-16-13(14)10-11-17-15(12-20(16)17)19(4,5)6;1-18(2,3)14-11-17-15(19(4,5)6)12-20(17)16-10-8-7-9-13(14)16;1-14(2,3)11-7-8-16-10-12(13(16)9-11)15(4,5)6;1-14(2,3)11-7-8-13-12(15(4,5)6)10-16(13)9-11;1-11-5-6-12-7-8-13(10-15(2,3)4)16-14(12)9-11;/h3*7-12,15H,1-6H3;2*7-10,12H,1-6H3;5-10H,1-4H3;/q;;;;;-1;. The summed E-state index contributed by atoms with van der Waals surface area (Å²) in [6.07, 6.45) is 6.67. The number of rotatable bonds is 1. The van der Waals surface area contributed by atoms with E-state index in [9.17, 15) is 0 Å². The molecule has 4 aromatic carbocycles. The normalized spacial score (nSPS) is 17.7. The van der Waals surface area contributed by atoms with E-state index in [-0.39, 0.29) is 58.0 Å². The second-order valence-electron chi connectivity index (χ2n) is 43.8. The molecule has 1 radical (unpaired) electrons. The van der Waals surface area contributed by atoms with E-state index in [1.165, 1.54) is 99.9 Å². The summed E-state index contributed by atoms with van der Waals surface area (Å²) in [5.74, 6) is 2.86. The summed E-state index contributed by atoms with van der Waals surface area (Å²) in [6, 6.07) is 53.7. The van der Waals surface area contributed by atoms with Gasteiger partial charge in [-0.2, -0.15) is 12.5 Å². The minimum absolute atomic E-state index is 0. The van der Waals surface area contributed by atoms with Gasteiger partial charge in [-0.3, -0.25) is 4.98 Å². The maximum atomic E-state index is 4.67. The second-order valence-corrected chi connectivity index (χ2v) is 43.8. The SMILES string of the molecule is CC(C)(C)c1cc2[n+](c3ccccc13)[CH-]C2C(C)(C)C.CC(C)(C)c1cc[n+]2c(c1)C(C(C)(C)C)[CH-]2.CC(C)(C)c1ccc2[n+](c1)[CH-]C2C(C)(C)C.CC(C)(C)c1ccc2c(ccc3[n+]2[CH-]C3C(C)(C)C)c1.CC(C)(C)c1cccc2c1ccc1[n+]2[CH-]C1C(C)(C)C.Cc1ccc2ccc([CH-]C(C)(C)C)nc2c1.[Ir]. The molecule has 0 bridgehead atoms. The van der Waals surface area contributed by atoms with Gasteiger partial charge >= 0.3 is 0 Å². The fourth-order valence-corrected chi connectivity index (χ4v) is 15.6. The molecule has 5 aliphatic rings. The number of benzene rings is 4. The van der Waals surface area contributed by atoms with E-state index in [1.54, 1.807) is 0 Å². The van der Waals surface area contributed by atoms with Crippen molar-refractivity contribution in [3.05, 3.63) is 265 Å². The van der Waals surface area contributed by atoms with E-state index >= 15 is 0 Å². The summed E-state index contributed by atoms with van der Waals surface area (Å²) in [4.78, 5) is 4.67. The predicted octanol–water partition coefficient (Wildman–Crippen LogP) is 24.7. The number of aromatic nitrogens is 6. The molecule has 5 unspecified atom stereocenters. The zero-order chi connectivity index (χ0) is 80.2. The molecule has 0 amide bonds. The average molecular weight is 1640 g/mol. The fraction of sp³-hybridized carbons (Fsp3) is 0.490. The monoisotopic (exact) mass is 1640 g/mol. The van der Waals surface area contributed by atoms with Crippen molar-refractivity contribution in [2.75, 3.05) is 0 Å². The van der Waals surface area contributed by atoms with Crippen LogP contribution >= 0.6 is 0 Å². The Morgan fingerprint density at radius 1 is 0.321 bits per heavy atom. The van der Waals surface area contributed by atoms with Gasteiger partial charge in [0.05, 0.1) is 46.4 Å². The van der Waals surface area contributed by atoms with Crippen LogP contribution in [0.1, 0.15) is 326 Å². The molecule has 5 atom stereocenters. The van der Waals surface area contributed by atoms with E-state index in [4.69, 9.17) is 0 Å². The maximum absolute atomic E-state index is 4.67. The summed E-state index contributed by atoms with van der Waals surface area (Å²) in [7, 11) is 0. The van der Waals surface area contributed by atoms with Gasteiger partial charge in [0.1, 0.15) is 16.6 Å². The van der Waals surface area contributed by atoms with Crippen molar-refractivity contribution in [2.24, 2.45) is 32.5 Å². The predicted molar refractivity (Wildman–Crippen MR) is 458 cm³/mol. The quantitative estimate of drug-likeness (QED) is 0.119. The Morgan fingerprint density at radius 3 is 1.28 bits per heavy atom. The van der Waals surface area contributed by atoms with Crippen LogP contribution in [-0.4, -0.2) is 4.98 Å². The van der Waals surface area contributed by atoms with Crippen LogP contribution in [0.5, 0.6) is 0 Å². The van der Waals surface area contributed by atoms with Crippen LogP contribution in [0, 0.1) is 78.6 Å². The third-order valence-corrected chi connectivity index (χ3v) is 22.5. The molecule has 0 saturated heterocycles. The summed E-state index contributed by atoms with van der Waals surface area (Å²) >= 11 is 0. The van der Waals surface area contributed by atoms with E-state index < -0.39 is 0 Å². The van der Waals surface area contributed by atoms with E-state index in [0.717, 1.165) is 11.2 Å². The molecule has 0 aliphatic carbocycles. The number of fused-ring (bicyclic) bond motifs is 12. The Kier molecular flexibility index (Phi) is 23.8. The number of hydrogen-bond donors (Lipinski definition) is 0. The van der Waals surface area contributed by atoms with E-state index in [1.807, 2.05) is 0 Å². The number of para-hydroxylation sites is 1. The minimum Gasteiger partial charge on any atom is -0.335 e. The molecule has 11 heterocycles. The Balaban J connectivity index is 0.000000151. The third-order valence-electron chi connectivity index (χ3n) is 22.5. The van der Waals surface area contributed by atoms with Crippen molar-refractivity contribution in [2.45, 2.75) is 292 Å². The van der Waals surface area contributed by atoms with Gasteiger partial charge in [-0.25, -0.2) is 0 Å². The smallest absolute Gasteiger partial charge is 0.112 e. The van der Waals surface area contributed by atoms with Crippen molar-refractivity contribution in [1.29, 1.82) is 0 Å². The first-order valence-electron chi connectivity index (χ1n) is 40.4. The molecule has 10 aromatic rings. The molecule has 0 fully saturated rings. The van der Waals surface area contributed by atoms with Crippen LogP contribution in [0.25, 0.3) is 43.6 Å². The van der Waals surface area contributed by atoms with Gasteiger partial charge in [0.15, 0.2) is 0 Å². The number of aryl methyl sites for hydroxylation is 1. The number of nitrogens with zero attached hydrogens (tertiary/aromatic N) is 6. The first kappa shape index (κ1) is 85.7. The van der Waals surface area contributed by atoms with E-state index in [0.29, 0.717) is 51.2 Å². The molecule has 15 rings (SSSR count). The number of hydrogen-bond acceptors (Lipinski definition) is 1. The fourth-order valence-electron chi connectivity index (χ4n) is 15.6. The molecule has 0 saturated carbocycles. The van der Waals surface area contributed by atoms with Gasteiger partial charge < -0.3 is 22.8 Å². The Morgan fingerprint density at radius 2 is 0.752 bits per heavy atom. The topological polar surface area (TPSA) is 32.3 Å². The molecule has 109 heavy (non-hydrogen) atoms. The van der Waals surface area contributed by atoms with Crippen LogP contribution in [0.2, 0.25) is 0 Å². The van der Waals surface area contributed by atoms with Crippen molar-refractivity contribution in [3.63, 3.8) is 0 Å². The molecule has 0 N–H and O–H groups in total. The molecule has 0 spiro atoms. The maximum Gasteiger partial charge on any atom is 0.112 e. The first-order chi connectivity index (χ1) is 49.4. The largest absolute Gasteiger partial charge is 0.335 e. The molecule has 5 aliphatic heterocycles. The van der Waals surface area contributed by atoms with Gasteiger partial charge in [0.2, 0.25) is 0 Å². The van der Waals surface area contributed by atoms with Crippen molar-refractivity contribution in [1.82, 2.24) is 4.98 Å². The van der Waals surface area contributed by atoms with Gasteiger partial charge in [-0.15, -0.1) is 6.07 Å². The van der Waals surface area contributed by atoms with Crippen LogP contribution < -0.4 is 22.8 Å². The summed E-state index contributed by atoms with van der Waals surface area (Å²) in [5, 5.41) is 5.31. The second kappa shape index (κ2) is 30.3. The Hall–Kier alpha value is -7.31. The third kappa shape index (κ3) is 19.3. The van der Waals surface area contributed by atoms with Gasteiger partial charge in [-0.1, -0.05) is 342 Å². The van der Waals surface area contributed by atoms with Crippen molar-refractivity contribution in [3.8, 4) is 0 Å². The van der Waals surface area contributed by atoms with Gasteiger partial charge in [0, 0.05) is 82.4 Å². The van der Waals surface area contributed by atoms with Crippen molar-refractivity contribution < 1.29 is 42.9 Å². The Labute approximate surface area is 676 Å². The number of pyridine rings is 6. The zero-order valence-electron chi connectivity index (χ0n) is 73.9. The van der Waals surface area contributed by atoms with Gasteiger partial charge in [-0.05, 0) is 147 Å². The summed E-state index contributed by atoms with van der Waals surface area (Å²) in [5.41, 5.74) is 24.6. The van der Waals surface area contributed by atoms with Crippen LogP contribution in [0.3, 0.4) is 0 Å². The molecular weight excluding hydrogens is 1500 g/mol. The Bertz CT molecular complexity index is 4910. The minimum atomic E-state index is 0. The molecule has 587 valence electrons.